The summed E-state index contributed by atoms with van der Waals surface area (Å²) in [5.41, 5.74) is -5.27. The molecule has 0 saturated carbocycles. The molecule has 0 radical (unpaired) electrons. The minimum Gasteiger partial charge on any atom is -0.268 e. The van der Waals surface area contributed by atoms with Crippen LogP contribution in [0.15, 0.2) is 19.2 Å². The molecule has 0 aliphatic rings. The van der Waals surface area contributed by atoms with Gasteiger partial charge in [0.2, 0.25) is 0 Å². The Balaban J connectivity index is 2.35. The number of aromatic nitrogens is 2. The molecule has 3 heterocycles. The number of halogens is 6. The first-order valence-corrected chi connectivity index (χ1v) is 8.13. The van der Waals surface area contributed by atoms with Crippen molar-refractivity contribution in [3.63, 3.8) is 0 Å². The summed E-state index contributed by atoms with van der Waals surface area (Å²) in [6.07, 6.45) is -9.72. The highest BCUT2D eigenvalue weighted by Crippen LogP contribution is 2.27. The molecule has 0 unspecified atom stereocenters. The molecular weight excluding hydrogens is 414 g/mol. The van der Waals surface area contributed by atoms with Crippen LogP contribution in [0.3, 0.4) is 0 Å². The zero-order valence-corrected chi connectivity index (χ0v) is 13.7. The summed E-state index contributed by atoms with van der Waals surface area (Å²) >= 11 is 0.471. The minimum absolute atomic E-state index is 0.0880. The Bertz CT molecular complexity index is 1070. The largest absolute Gasteiger partial charge is 0.406 e. The lowest BCUT2D eigenvalue weighted by molar-refractivity contribution is -0.142. The lowest BCUT2D eigenvalue weighted by atomic mass is 10.6. The van der Waals surface area contributed by atoms with Crippen molar-refractivity contribution < 1.29 is 26.3 Å². The molecule has 3 aromatic heterocycles. The molecule has 26 heavy (non-hydrogen) atoms. The summed E-state index contributed by atoms with van der Waals surface area (Å²) in [5, 5.41) is 0. The van der Waals surface area contributed by atoms with E-state index in [4.69, 9.17) is 0 Å². The average Bonchev–Trinajstić information content (AvgIpc) is 2.85. The Kier molecular flexibility index (Phi) is 4.03. The SMILES string of the molecule is O=c1c2sc3c(=O)n(CC(F)(F)F)c(=O)c3sc2c(=O)n1CC(F)(F)F. The van der Waals surface area contributed by atoms with Crippen LogP contribution in [0.1, 0.15) is 0 Å². The highest BCUT2D eigenvalue weighted by Gasteiger charge is 2.33. The number of alkyl halides is 6. The fourth-order valence-electron chi connectivity index (χ4n) is 2.27. The van der Waals surface area contributed by atoms with Gasteiger partial charge in [0, 0.05) is 0 Å². The standard InChI is InChI=1S/C12H4F6N2O4S2/c13-11(14,15)1-19-7(21)3-4(8(19)22)26-6-5(25-3)9(23)20(10(6)24)2-12(16,17)18/h1-2H2. The fourth-order valence-corrected chi connectivity index (χ4v) is 4.69. The van der Waals surface area contributed by atoms with Crippen molar-refractivity contribution >= 4 is 41.5 Å². The molecule has 0 fully saturated rings. The molecule has 0 N–H and O–H groups in total. The molecule has 14 heteroatoms. The van der Waals surface area contributed by atoms with Crippen molar-refractivity contribution in [1.29, 1.82) is 0 Å². The monoisotopic (exact) mass is 418 g/mol. The summed E-state index contributed by atoms with van der Waals surface area (Å²) in [4.78, 5) is 48.1. The maximum atomic E-state index is 12.5. The van der Waals surface area contributed by atoms with Crippen LogP contribution in [0.25, 0.3) is 18.8 Å². The van der Waals surface area contributed by atoms with E-state index in [1.54, 1.807) is 0 Å². The van der Waals surface area contributed by atoms with Crippen LogP contribution in [0, 0.1) is 0 Å². The Morgan fingerprint density at radius 1 is 0.577 bits per heavy atom. The molecule has 0 aliphatic heterocycles. The number of nitrogens with zero attached hydrogens (tertiary/aromatic N) is 2. The smallest absolute Gasteiger partial charge is 0.268 e. The van der Waals surface area contributed by atoms with Crippen LogP contribution in [-0.4, -0.2) is 21.5 Å². The molecule has 140 valence electrons. The molecule has 0 bridgehead atoms. The first kappa shape index (κ1) is 18.6. The van der Waals surface area contributed by atoms with Gasteiger partial charge >= 0.3 is 12.4 Å². The number of rotatable bonds is 2. The molecular formula is C12H4F6N2O4S2. The van der Waals surface area contributed by atoms with Gasteiger partial charge in [-0.1, -0.05) is 0 Å². The topological polar surface area (TPSA) is 78.1 Å². The summed E-state index contributed by atoms with van der Waals surface area (Å²) < 4.78 is 72.7. The highest BCUT2D eigenvalue weighted by atomic mass is 32.1. The van der Waals surface area contributed by atoms with Crippen molar-refractivity contribution in [2.24, 2.45) is 0 Å². The Morgan fingerprint density at radius 3 is 1.00 bits per heavy atom. The predicted octanol–water partition coefficient (Wildman–Crippen LogP) is 1.72. The second-order valence-electron chi connectivity index (χ2n) is 5.14. The molecule has 0 saturated heterocycles. The van der Waals surface area contributed by atoms with E-state index in [1.807, 2.05) is 0 Å². The van der Waals surface area contributed by atoms with Crippen molar-refractivity contribution in [2.45, 2.75) is 25.4 Å². The Hall–Kier alpha value is -2.22. The van der Waals surface area contributed by atoms with Crippen molar-refractivity contribution in [3.05, 3.63) is 41.4 Å². The third kappa shape index (κ3) is 3.02. The van der Waals surface area contributed by atoms with E-state index in [9.17, 15) is 45.5 Å². The number of fused-ring (bicyclic) bond motifs is 2. The molecule has 0 spiro atoms. The molecule has 0 aliphatic carbocycles. The van der Waals surface area contributed by atoms with Gasteiger partial charge in [0.1, 0.15) is 31.9 Å². The van der Waals surface area contributed by atoms with E-state index in [2.05, 4.69) is 0 Å². The molecule has 0 atom stereocenters. The van der Waals surface area contributed by atoms with E-state index in [0.717, 1.165) is 0 Å². The summed E-state index contributed by atoms with van der Waals surface area (Å²) in [7, 11) is 0. The maximum Gasteiger partial charge on any atom is 0.406 e. The Labute approximate surface area is 144 Å². The van der Waals surface area contributed by atoms with Crippen LogP contribution in [0.4, 0.5) is 26.3 Å². The zero-order valence-electron chi connectivity index (χ0n) is 12.0. The van der Waals surface area contributed by atoms with E-state index in [0.29, 0.717) is 0 Å². The quantitative estimate of drug-likeness (QED) is 0.594. The second-order valence-corrected chi connectivity index (χ2v) is 7.19. The Morgan fingerprint density at radius 2 is 0.808 bits per heavy atom. The average molecular weight is 418 g/mol. The molecule has 6 nitrogen and oxygen atoms in total. The van der Waals surface area contributed by atoms with Gasteiger partial charge in [-0.05, 0) is 0 Å². The van der Waals surface area contributed by atoms with Gasteiger partial charge in [-0.15, -0.1) is 22.7 Å². The third-order valence-corrected chi connectivity index (χ3v) is 5.84. The van der Waals surface area contributed by atoms with E-state index >= 15 is 0 Å². The number of hydrogen-bond donors (Lipinski definition) is 0. The lowest BCUT2D eigenvalue weighted by Gasteiger charge is -2.04. The summed E-state index contributed by atoms with van der Waals surface area (Å²) in [6, 6.07) is 0. The summed E-state index contributed by atoms with van der Waals surface area (Å²) in [5.74, 6) is 0. The first-order valence-electron chi connectivity index (χ1n) is 6.50. The second kappa shape index (κ2) is 5.64. The van der Waals surface area contributed by atoms with Crippen molar-refractivity contribution in [2.75, 3.05) is 0 Å². The fraction of sp³-hybridized carbons (Fsp3) is 0.333. The van der Waals surface area contributed by atoms with Crippen molar-refractivity contribution in [1.82, 2.24) is 9.13 Å². The molecule has 3 aromatic rings. The lowest BCUT2D eigenvalue weighted by Crippen LogP contribution is -2.32. The third-order valence-electron chi connectivity index (χ3n) is 3.25. The predicted molar refractivity (Wildman–Crippen MR) is 81.6 cm³/mol. The van der Waals surface area contributed by atoms with Crippen LogP contribution < -0.4 is 22.2 Å². The number of hydrogen-bond acceptors (Lipinski definition) is 6. The van der Waals surface area contributed by atoms with Crippen LogP contribution in [0.2, 0.25) is 0 Å². The molecule has 0 amide bonds. The van der Waals surface area contributed by atoms with E-state index in [1.165, 1.54) is 0 Å². The maximum absolute atomic E-state index is 12.5. The van der Waals surface area contributed by atoms with Crippen LogP contribution in [-0.2, 0) is 13.1 Å². The van der Waals surface area contributed by atoms with Gasteiger partial charge in [0.25, 0.3) is 22.2 Å². The van der Waals surface area contributed by atoms with Gasteiger partial charge < -0.3 is 0 Å². The highest BCUT2D eigenvalue weighted by molar-refractivity contribution is 7.36. The summed E-state index contributed by atoms with van der Waals surface area (Å²) in [6.45, 7) is -3.71. The van der Waals surface area contributed by atoms with Gasteiger partial charge in [-0.3, -0.25) is 28.3 Å². The van der Waals surface area contributed by atoms with E-state index in [-0.39, 0.29) is 31.8 Å². The normalized spacial score (nSPS) is 13.2. The first-order chi connectivity index (χ1) is 11.8. The van der Waals surface area contributed by atoms with Gasteiger partial charge in [0.15, 0.2) is 0 Å². The van der Waals surface area contributed by atoms with Crippen molar-refractivity contribution in [3.8, 4) is 0 Å². The minimum atomic E-state index is -4.86. The van der Waals surface area contributed by atoms with Crippen LogP contribution in [0.5, 0.6) is 0 Å². The molecule has 0 aromatic carbocycles. The zero-order chi connectivity index (χ0) is 19.6. The molecule has 3 rings (SSSR count). The van der Waals surface area contributed by atoms with Gasteiger partial charge in [-0.2, -0.15) is 26.3 Å². The van der Waals surface area contributed by atoms with E-state index < -0.39 is 66.5 Å². The van der Waals surface area contributed by atoms with Gasteiger partial charge in [0.05, 0.1) is 0 Å². The van der Waals surface area contributed by atoms with Crippen LogP contribution >= 0.6 is 22.7 Å². The van der Waals surface area contributed by atoms with Gasteiger partial charge in [-0.25, -0.2) is 0 Å².